The first-order valence-electron chi connectivity index (χ1n) is 6.79. The van der Waals surface area contributed by atoms with Gasteiger partial charge in [0.25, 0.3) is 0 Å². The third-order valence-electron chi connectivity index (χ3n) is 4.18. The second-order valence-electron chi connectivity index (χ2n) is 5.50. The fourth-order valence-electron chi connectivity index (χ4n) is 2.65. The molecule has 0 spiro atoms. The fraction of sp³-hybridized carbons (Fsp3) is 0.643. The summed E-state index contributed by atoms with van der Waals surface area (Å²) in [6.07, 6.45) is 5.71. The van der Waals surface area contributed by atoms with Crippen molar-refractivity contribution in [2.45, 2.75) is 32.2 Å². The molecule has 2 N–H and O–H groups in total. The molecule has 2 fully saturated rings. The van der Waals surface area contributed by atoms with E-state index in [1.807, 2.05) is 7.05 Å². The number of nitrogens with one attached hydrogen (secondary N) is 2. The zero-order chi connectivity index (χ0) is 12.4. The number of hydrogen-bond acceptors (Lipinski definition) is 2. The summed E-state index contributed by atoms with van der Waals surface area (Å²) in [6.45, 7) is 1.97. The minimum atomic E-state index is 0.626. The number of guanidine groups is 1. The molecule has 2 saturated carbocycles. The zero-order valence-corrected chi connectivity index (χ0v) is 11.7. The molecule has 2 aliphatic carbocycles. The van der Waals surface area contributed by atoms with Gasteiger partial charge in [0, 0.05) is 18.5 Å². The summed E-state index contributed by atoms with van der Waals surface area (Å²) in [5.41, 5.74) is 0.626. The first-order chi connectivity index (χ1) is 8.82. The van der Waals surface area contributed by atoms with E-state index in [0.29, 0.717) is 5.41 Å². The number of hydrogen-bond donors (Lipinski definition) is 2. The van der Waals surface area contributed by atoms with Crippen molar-refractivity contribution >= 4 is 17.3 Å². The molecule has 0 atom stereocenters. The number of aliphatic imine (C=N–C) groups is 1. The molecule has 0 unspecified atom stereocenters. The molecule has 2 aliphatic rings. The quantitative estimate of drug-likeness (QED) is 0.633. The van der Waals surface area contributed by atoms with Crippen molar-refractivity contribution in [1.29, 1.82) is 0 Å². The van der Waals surface area contributed by atoms with Gasteiger partial charge in [0.1, 0.15) is 0 Å². The molecule has 0 aliphatic heterocycles. The van der Waals surface area contributed by atoms with Gasteiger partial charge < -0.3 is 10.6 Å². The standard InChI is InChI=1S/C14H21N3S/c1-15-13(16-9-12-3-2-8-18-12)17-10-14(6-7-14)11-4-5-11/h2-3,8,11H,4-7,9-10H2,1H3,(H2,15,16,17). The summed E-state index contributed by atoms with van der Waals surface area (Å²) in [6, 6.07) is 4.24. The highest BCUT2D eigenvalue weighted by molar-refractivity contribution is 7.09. The summed E-state index contributed by atoms with van der Waals surface area (Å²) in [5, 5.41) is 8.99. The van der Waals surface area contributed by atoms with E-state index >= 15 is 0 Å². The second-order valence-corrected chi connectivity index (χ2v) is 6.53. The monoisotopic (exact) mass is 263 g/mol. The fourth-order valence-corrected chi connectivity index (χ4v) is 3.29. The van der Waals surface area contributed by atoms with Crippen LogP contribution in [0, 0.1) is 11.3 Å². The topological polar surface area (TPSA) is 36.4 Å². The smallest absolute Gasteiger partial charge is 0.191 e. The Morgan fingerprint density at radius 1 is 1.44 bits per heavy atom. The molecular weight excluding hydrogens is 242 g/mol. The molecule has 1 aromatic heterocycles. The maximum absolute atomic E-state index is 4.30. The normalized spacial score (nSPS) is 21.7. The van der Waals surface area contributed by atoms with Gasteiger partial charge in [0.05, 0.1) is 6.54 Å². The lowest BCUT2D eigenvalue weighted by atomic mass is 10.0. The zero-order valence-electron chi connectivity index (χ0n) is 10.9. The van der Waals surface area contributed by atoms with Crippen LogP contribution in [-0.2, 0) is 6.54 Å². The Labute approximate surface area is 113 Å². The van der Waals surface area contributed by atoms with Crippen molar-refractivity contribution in [3.8, 4) is 0 Å². The van der Waals surface area contributed by atoms with Crippen molar-refractivity contribution in [3.63, 3.8) is 0 Å². The second kappa shape index (κ2) is 4.92. The maximum Gasteiger partial charge on any atom is 0.191 e. The van der Waals surface area contributed by atoms with Gasteiger partial charge in [-0.05, 0) is 48.5 Å². The van der Waals surface area contributed by atoms with Crippen molar-refractivity contribution in [1.82, 2.24) is 10.6 Å². The van der Waals surface area contributed by atoms with Crippen molar-refractivity contribution in [2.24, 2.45) is 16.3 Å². The highest BCUT2D eigenvalue weighted by atomic mass is 32.1. The van der Waals surface area contributed by atoms with Crippen LogP contribution in [0.25, 0.3) is 0 Å². The lowest BCUT2D eigenvalue weighted by molar-refractivity contribution is 0.431. The van der Waals surface area contributed by atoms with Gasteiger partial charge in [-0.25, -0.2) is 0 Å². The Balaban J connectivity index is 1.45. The molecule has 3 rings (SSSR count). The van der Waals surface area contributed by atoms with Crippen molar-refractivity contribution < 1.29 is 0 Å². The molecule has 0 saturated heterocycles. The van der Waals surface area contributed by atoms with Gasteiger partial charge >= 0.3 is 0 Å². The summed E-state index contributed by atoms with van der Waals surface area (Å²) < 4.78 is 0. The van der Waals surface area contributed by atoms with Crippen LogP contribution in [0.15, 0.2) is 22.5 Å². The summed E-state index contributed by atoms with van der Waals surface area (Å²) >= 11 is 1.78. The van der Waals surface area contributed by atoms with E-state index in [0.717, 1.165) is 25.0 Å². The van der Waals surface area contributed by atoms with E-state index in [9.17, 15) is 0 Å². The molecule has 1 aromatic rings. The van der Waals surface area contributed by atoms with Crippen LogP contribution < -0.4 is 10.6 Å². The Morgan fingerprint density at radius 3 is 2.83 bits per heavy atom. The van der Waals surface area contributed by atoms with E-state index in [2.05, 4.69) is 33.1 Å². The van der Waals surface area contributed by atoms with Crippen LogP contribution in [0.2, 0.25) is 0 Å². The van der Waals surface area contributed by atoms with Crippen LogP contribution in [0.3, 0.4) is 0 Å². The molecule has 0 amide bonds. The average Bonchev–Trinajstić information content (AvgIpc) is 3.29. The van der Waals surface area contributed by atoms with Crippen LogP contribution in [0.4, 0.5) is 0 Å². The van der Waals surface area contributed by atoms with E-state index in [1.54, 1.807) is 11.3 Å². The van der Waals surface area contributed by atoms with E-state index in [-0.39, 0.29) is 0 Å². The summed E-state index contributed by atoms with van der Waals surface area (Å²) in [5.74, 6) is 1.94. The molecular formula is C14H21N3S. The van der Waals surface area contributed by atoms with E-state index in [1.165, 1.54) is 30.6 Å². The number of rotatable bonds is 5. The summed E-state index contributed by atoms with van der Waals surface area (Å²) in [4.78, 5) is 5.65. The SMILES string of the molecule is CN=C(NCc1cccs1)NCC1(C2CC2)CC1. The number of thiophene rings is 1. The Bertz CT molecular complexity index is 416. The lowest BCUT2D eigenvalue weighted by Crippen LogP contribution is -2.40. The molecule has 0 radical (unpaired) electrons. The molecule has 4 heteroatoms. The molecule has 18 heavy (non-hydrogen) atoms. The van der Waals surface area contributed by atoms with Crippen LogP contribution in [0.1, 0.15) is 30.6 Å². The minimum Gasteiger partial charge on any atom is -0.356 e. The van der Waals surface area contributed by atoms with Gasteiger partial charge in [0.15, 0.2) is 5.96 Å². The van der Waals surface area contributed by atoms with Gasteiger partial charge in [0.2, 0.25) is 0 Å². The maximum atomic E-state index is 4.30. The molecule has 0 bridgehead atoms. The highest BCUT2D eigenvalue weighted by Crippen LogP contribution is 2.60. The summed E-state index contributed by atoms with van der Waals surface area (Å²) in [7, 11) is 1.85. The van der Waals surface area contributed by atoms with Crippen molar-refractivity contribution in [3.05, 3.63) is 22.4 Å². The van der Waals surface area contributed by atoms with Crippen LogP contribution >= 0.6 is 11.3 Å². The van der Waals surface area contributed by atoms with Crippen molar-refractivity contribution in [2.75, 3.05) is 13.6 Å². The predicted molar refractivity (Wildman–Crippen MR) is 76.9 cm³/mol. The highest BCUT2D eigenvalue weighted by Gasteiger charge is 2.53. The third kappa shape index (κ3) is 2.69. The van der Waals surface area contributed by atoms with Crippen LogP contribution in [0.5, 0.6) is 0 Å². The molecule has 3 nitrogen and oxygen atoms in total. The number of nitrogens with zero attached hydrogens (tertiary/aromatic N) is 1. The Hall–Kier alpha value is -1.03. The van der Waals surface area contributed by atoms with E-state index < -0.39 is 0 Å². The van der Waals surface area contributed by atoms with Crippen LogP contribution in [-0.4, -0.2) is 19.6 Å². The molecule has 0 aromatic carbocycles. The Morgan fingerprint density at radius 2 is 2.28 bits per heavy atom. The van der Waals surface area contributed by atoms with E-state index in [4.69, 9.17) is 0 Å². The molecule has 98 valence electrons. The lowest BCUT2D eigenvalue weighted by Gasteiger charge is -2.17. The van der Waals surface area contributed by atoms with Gasteiger partial charge in [-0.3, -0.25) is 4.99 Å². The largest absolute Gasteiger partial charge is 0.356 e. The first kappa shape index (κ1) is 12.0. The first-order valence-corrected chi connectivity index (χ1v) is 7.67. The van der Waals surface area contributed by atoms with Gasteiger partial charge in [-0.2, -0.15) is 0 Å². The minimum absolute atomic E-state index is 0.626. The average molecular weight is 263 g/mol. The third-order valence-corrected chi connectivity index (χ3v) is 5.05. The predicted octanol–water partition coefficient (Wildman–Crippen LogP) is 2.60. The van der Waals surface area contributed by atoms with Gasteiger partial charge in [-0.15, -0.1) is 11.3 Å². The Kier molecular flexibility index (Phi) is 3.29. The van der Waals surface area contributed by atoms with Gasteiger partial charge in [-0.1, -0.05) is 6.07 Å². The molecule has 1 heterocycles.